The van der Waals surface area contributed by atoms with Gasteiger partial charge in [-0.1, -0.05) is 13.8 Å². The summed E-state index contributed by atoms with van der Waals surface area (Å²) >= 11 is 0. The van der Waals surface area contributed by atoms with Gasteiger partial charge in [0.05, 0.1) is 6.10 Å². The van der Waals surface area contributed by atoms with E-state index in [9.17, 15) is 9.59 Å². The van der Waals surface area contributed by atoms with Crippen LogP contribution in [0.3, 0.4) is 0 Å². The van der Waals surface area contributed by atoms with Crippen LogP contribution in [0.25, 0.3) is 0 Å². The first-order valence-electron chi connectivity index (χ1n) is 7.28. The molecule has 5 nitrogen and oxygen atoms in total. The van der Waals surface area contributed by atoms with E-state index in [4.69, 9.17) is 8.85 Å². The molecule has 0 aliphatic carbocycles. The molecular weight excluding hydrogens is 240 g/mol. The minimum Gasteiger partial charge on any atom is -0.351 e. The van der Waals surface area contributed by atoms with Gasteiger partial charge in [0.2, 0.25) is 0 Å². The molecule has 0 bridgehead atoms. The van der Waals surface area contributed by atoms with Crippen LogP contribution in [0, 0.1) is 5.92 Å². The molecule has 1 aliphatic heterocycles. The van der Waals surface area contributed by atoms with Crippen molar-refractivity contribution in [1.82, 2.24) is 9.55 Å². The number of halogens is 1. The number of alkyl halides is 1. The molecule has 4 atom stereocenters. The molecule has 2 heterocycles. The normalized spacial score (nSPS) is 39.1. The monoisotopic (exact) mass is 260 g/mol. The van der Waals surface area contributed by atoms with Crippen LogP contribution < -0.4 is 11.2 Å². The molecule has 0 unspecified atom stereocenters. The number of nitrogens with one attached hydrogen (secondary N) is 1. The maximum Gasteiger partial charge on any atom is 0.330 e. The summed E-state index contributed by atoms with van der Waals surface area (Å²) in [5.74, 6) is -0.918. The summed E-state index contributed by atoms with van der Waals surface area (Å²) < 4.78 is 44.1. The summed E-state index contributed by atoms with van der Waals surface area (Å²) in [4.78, 5) is 24.9. The molecule has 0 spiro atoms. The number of hydrogen-bond acceptors (Lipinski definition) is 3. The molecule has 0 radical (unpaired) electrons. The van der Waals surface area contributed by atoms with Crippen molar-refractivity contribution in [3.05, 3.63) is 33.1 Å². The molecule has 1 aromatic heterocycles. The number of rotatable bonds is 2. The molecule has 6 heteroatoms. The SMILES string of the molecule is [2H][13C]([2H])([2H])[C@@]1(F)[C@H](C)[C@@H](CC)O[C@H]1n1ccc(=O)[nH]c1=O. The van der Waals surface area contributed by atoms with Crippen LogP contribution in [0.15, 0.2) is 21.9 Å². The fourth-order valence-corrected chi connectivity index (χ4v) is 2.21. The third-order valence-electron chi connectivity index (χ3n) is 3.39. The Morgan fingerprint density at radius 3 is 2.94 bits per heavy atom. The second-order valence-corrected chi connectivity index (χ2v) is 4.51. The van der Waals surface area contributed by atoms with Gasteiger partial charge in [-0.05, 0) is 13.3 Å². The molecule has 0 saturated carbocycles. The quantitative estimate of drug-likeness (QED) is 0.813. The van der Waals surface area contributed by atoms with Gasteiger partial charge in [0, 0.05) is 22.3 Å². The van der Waals surface area contributed by atoms with Gasteiger partial charge in [-0.3, -0.25) is 14.3 Å². The van der Waals surface area contributed by atoms with Gasteiger partial charge in [0.25, 0.3) is 5.56 Å². The van der Waals surface area contributed by atoms with Crippen molar-refractivity contribution in [3.63, 3.8) is 0 Å². The first-order valence-corrected chi connectivity index (χ1v) is 5.78. The van der Waals surface area contributed by atoms with E-state index in [1.807, 2.05) is 4.98 Å². The second-order valence-electron chi connectivity index (χ2n) is 4.51. The Balaban J connectivity index is 2.60. The molecule has 18 heavy (non-hydrogen) atoms. The Morgan fingerprint density at radius 2 is 2.39 bits per heavy atom. The largest absolute Gasteiger partial charge is 0.351 e. The Labute approximate surface area is 108 Å². The minimum absolute atomic E-state index is 0.414. The van der Waals surface area contributed by atoms with Gasteiger partial charge >= 0.3 is 5.69 Å². The summed E-state index contributed by atoms with van der Waals surface area (Å²) in [6, 6.07) is 1.02. The maximum atomic E-state index is 15.3. The summed E-state index contributed by atoms with van der Waals surface area (Å²) in [5, 5.41) is 0. The molecule has 0 amide bonds. The standard InChI is InChI=1S/C12H17FN2O3/c1-4-8-7(2)12(3,13)10(18-8)15-6-5-9(16)14-11(15)17/h5-8,10H,4H2,1-3H3,(H,14,16,17)/t7-,8-,10-,12-/m1/s1/i3+1D3. The highest BCUT2D eigenvalue weighted by Crippen LogP contribution is 2.45. The molecule has 1 fully saturated rings. The van der Waals surface area contributed by atoms with Gasteiger partial charge in [-0.15, -0.1) is 0 Å². The number of aromatic nitrogens is 2. The van der Waals surface area contributed by atoms with Crippen LogP contribution in [0.4, 0.5) is 4.39 Å². The van der Waals surface area contributed by atoms with E-state index in [1.54, 1.807) is 6.92 Å². The van der Waals surface area contributed by atoms with Crippen LogP contribution in [-0.4, -0.2) is 21.3 Å². The third-order valence-corrected chi connectivity index (χ3v) is 3.39. The van der Waals surface area contributed by atoms with Crippen molar-refractivity contribution in [1.29, 1.82) is 0 Å². The molecule has 0 aromatic carbocycles. The van der Waals surface area contributed by atoms with E-state index < -0.39 is 42.0 Å². The van der Waals surface area contributed by atoms with Crippen LogP contribution >= 0.6 is 0 Å². The number of aromatic amines is 1. The summed E-state index contributed by atoms with van der Waals surface area (Å²) in [7, 11) is 0. The van der Waals surface area contributed by atoms with Gasteiger partial charge < -0.3 is 4.74 Å². The van der Waals surface area contributed by atoms with E-state index in [1.165, 1.54) is 6.92 Å². The smallest absolute Gasteiger partial charge is 0.330 e. The van der Waals surface area contributed by atoms with Crippen LogP contribution in [0.1, 0.15) is 37.5 Å². The van der Waals surface area contributed by atoms with E-state index in [-0.39, 0.29) is 0 Å². The lowest BCUT2D eigenvalue weighted by Gasteiger charge is -2.25. The Bertz CT molecular complexity index is 642. The zero-order valence-electron chi connectivity index (χ0n) is 13.1. The van der Waals surface area contributed by atoms with Crippen molar-refractivity contribution in [2.45, 2.75) is 45.1 Å². The number of hydrogen-bond donors (Lipinski definition) is 1. The van der Waals surface area contributed by atoms with Crippen LogP contribution in [0.2, 0.25) is 0 Å². The summed E-state index contributed by atoms with van der Waals surface area (Å²) in [6.45, 7) is 0.243. The lowest BCUT2D eigenvalue weighted by Crippen LogP contribution is -2.40. The first-order chi connectivity index (χ1) is 9.62. The van der Waals surface area contributed by atoms with Crippen molar-refractivity contribution in [2.24, 2.45) is 5.92 Å². The Kier molecular flexibility index (Phi) is 2.29. The highest BCUT2D eigenvalue weighted by molar-refractivity contribution is 4.98. The fraction of sp³-hybridized carbons (Fsp3) is 0.667. The Hall–Kier alpha value is -1.43. The Morgan fingerprint density at radius 1 is 1.67 bits per heavy atom. The molecule has 2 rings (SSSR count). The van der Waals surface area contributed by atoms with Gasteiger partial charge in [-0.25, -0.2) is 9.18 Å². The lowest BCUT2D eigenvalue weighted by atomic mass is 9.93. The van der Waals surface area contributed by atoms with E-state index >= 15 is 4.39 Å². The van der Waals surface area contributed by atoms with Gasteiger partial charge in [0.1, 0.15) is 0 Å². The maximum absolute atomic E-state index is 15.3. The zero-order valence-corrected chi connectivity index (χ0v) is 10.1. The number of nitrogens with zero attached hydrogens (tertiary/aromatic N) is 1. The van der Waals surface area contributed by atoms with Crippen LogP contribution in [-0.2, 0) is 4.74 Å². The highest BCUT2D eigenvalue weighted by Gasteiger charge is 2.52. The minimum atomic E-state index is -2.96. The molecule has 1 N–H and O–H groups in total. The predicted octanol–water partition coefficient (Wildman–Crippen LogP) is 1.21. The van der Waals surface area contributed by atoms with E-state index in [2.05, 4.69) is 0 Å². The highest BCUT2D eigenvalue weighted by atomic mass is 19.1. The van der Waals surface area contributed by atoms with E-state index in [0.717, 1.165) is 16.8 Å². The molecule has 100 valence electrons. The van der Waals surface area contributed by atoms with Crippen molar-refractivity contribution in [2.75, 3.05) is 0 Å². The fourth-order valence-electron chi connectivity index (χ4n) is 2.21. The van der Waals surface area contributed by atoms with Crippen LogP contribution in [0.5, 0.6) is 0 Å². The third kappa shape index (κ3) is 1.90. The number of ether oxygens (including phenoxy) is 1. The zero-order chi connectivity index (χ0) is 16.0. The topological polar surface area (TPSA) is 64.1 Å². The van der Waals surface area contributed by atoms with Crippen molar-refractivity contribution in [3.8, 4) is 0 Å². The number of H-pyrrole nitrogens is 1. The second kappa shape index (κ2) is 4.35. The van der Waals surface area contributed by atoms with Gasteiger partial charge in [0.15, 0.2) is 11.9 Å². The summed E-state index contributed by atoms with van der Waals surface area (Å²) in [5.41, 5.74) is -4.26. The molecular formula is C12H17FN2O3. The average molecular weight is 260 g/mol. The first kappa shape index (κ1) is 9.49. The molecule has 1 aromatic rings. The van der Waals surface area contributed by atoms with E-state index in [0.29, 0.717) is 6.42 Å². The van der Waals surface area contributed by atoms with Gasteiger partial charge in [-0.2, -0.15) is 0 Å². The molecule has 1 saturated heterocycles. The molecule has 1 aliphatic rings. The van der Waals surface area contributed by atoms with Crippen molar-refractivity contribution >= 4 is 0 Å². The predicted molar refractivity (Wildman–Crippen MR) is 64.2 cm³/mol. The average Bonchev–Trinajstić information content (AvgIpc) is 2.63. The summed E-state index contributed by atoms with van der Waals surface area (Å²) in [6.07, 6.45) is -0.762. The lowest BCUT2D eigenvalue weighted by molar-refractivity contribution is -0.0502. The van der Waals surface area contributed by atoms with Crippen molar-refractivity contribution < 1.29 is 13.2 Å².